The fourth-order valence-electron chi connectivity index (χ4n) is 3.01. The summed E-state index contributed by atoms with van der Waals surface area (Å²) in [4.78, 5) is 14.5. The molecule has 0 saturated heterocycles. The maximum absolute atomic E-state index is 14.7. The van der Waals surface area contributed by atoms with Crippen molar-refractivity contribution in [3.63, 3.8) is 0 Å². The number of para-hydroxylation sites is 1. The zero-order chi connectivity index (χ0) is 21.0. The number of amides is 1. The Labute approximate surface area is 178 Å². The lowest BCUT2D eigenvalue weighted by molar-refractivity contribution is -0.129. The van der Waals surface area contributed by atoms with Crippen molar-refractivity contribution in [2.75, 3.05) is 13.1 Å². The third kappa shape index (κ3) is 4.46. The maximum atomic E-state index is 14.7. The van der Waals surface area contributed by atoms with E-state index in [0.717, 1.165) is 0 Å². The molecule has 0 bridgehead atoms. The van der Waals surface area contributed by atoms with Gasteiger partial charge in [0, 0.05) is 18.7 Å². The van der Waals surface area contributed by atoms with Crippen molar-refractivity contribution in [3.8, 4) is 17.1 Å². The van der Waals surface area contributed by atoms with Crippen molar-refractivity contribution in [3.05, 3.63) is 59.4 Å². The zero-order valence-electron chi connectivity index (χ0n) is 16.5. The van der Waals surface area contributed by atoms with E-state index in [9.17, 15) is 9.18 Å². The fraction of sp³-hybridized carbons (Fsp3) is 0.286. The molecule has 1 unspecified atom stereocenters. The molecule has 1 aromatic heterocycles. The molecule has 0 saturated carbocycles. The van der Waals surface area contributed by atoms with Gasteiger partial charge in [-0.1, -0.05) is 47.6 Å². The Bertz CT molecular complexity index is 1010. The number of nitrogens with zero attached hydrogens (tertiary/aromatic N) is 4. The lowest BCUT2D eigenvalue weighted by Crippen LogP contribution is -2.36. The Hall–Kier alpha value is -2.38. The first-order valence-corrected chi connectivity index (χ1v) is 10.6. The molecular formula is C21H22ClFN4OS. The van der Waals surface area contributed by atoms with Crippen LogP contribution in [0.1, 0.15) is 20.8 Å². The minimum atomic E-state index is -0.412. The van der Waals surface area contributed by atoms with E-state index in [0.29, 0.717) is 40.3 Å². The van der Waals surface area contributed by atoms with Gasteiger partial charge in [0.05, 0.1) is 16.0 Å². The zero-order valence-corrected chi connectivity index (χ0v) is 18.0. The van der Waals surface area contributed by atoms with Crippen molar-refractivity contribution < 1.29 is 9.18 Å². The molecule has 29 heavy (non-hydrogen) atoms. The van der Waals surface area contributed by atoms with Gasteiger partial charge in [0.15, 0.2) is 11.0 Å². The highest BCUT2D eigenvalue weighted by atomic mass is 35.5. The van der Waals surface area contributed by atoms with Crippen molar-refractivity contribution in [1.82, 2.24) is 19.7 Å². The first kappa shape index (κ1) is 21.3. The molecule has 3 rings (SSSR count). The van der Waals surface area contributed by atoms with E-state index in [2.05, 4.69) is 10.2 Å². The van der Waals surface area contributed by atoms with Crippen molar-refractivity contribution in [2.24, 2.45) is 0 Å². The van der Waals surface area contributed by atoms with E-state index >= 15 is 0 Å². The Morgan fingerprint density at radius 3 is 2.45 bits per heavy atom. The minimum Gasteiger partial charge on any atom is -0.342 e. The summed E-state index contributed by atoms with van der Waals surface area (Å²) in [7, 11) is 0. The van der Waals surface area contributed by atoms with E-state index in [1.165, 1.54) is 17.8 Å². The van der Waals surface area contributed by atoms with Gasteiger partial charge in [-0.25, -0.2) is 4.39 Å². The maximum Gasteiger partial charge on any atom is 0.235 e. The van der Waals surface area contributed by atoms with E-state index < -0.39 is 11.1 Å². The van der Waals surface area contributed by atoms with Crippen LogP contribution in [0.25, 0.3) is 17.1 Å². The summed E-state index contributed by atoms with van der Waals surface area (Å²) in [6, 6.07) is 13.6. The molecule has 0 aliphatic rings. The number of benzene rings is 2. The number of halogens is 2. The summed E-state index contributed by atoms with van der Waals surface area (Å²) in [5.41, 5.74) is 0.942. The van der Waals surface area contributed by atoms with Gasteiger partial charge < -0.3 is 4.90 Å². The lowest BCUT2D eigenvalue weighted by Gasteiger charge is -2.22. The van der Waals surface area contributed by atoms with Crippen molar-refractivity contribution >= 4 is 29.3 Å². The lowest BCUT2D eigenvalue weighted by atomic mass is 10.2. The number of hydrogen-bond acceptors (Lipinski definition) is 4. The van der Waals surface area contributed by atoms with Gasteiger partial charge in [-0.15, -0.1) is 10.2 Å². The second-order valence-corrected chi connectivity index (χ2v) is 8.06. The molecular weight excluding hydrogens is 411 g/mol. The summed E-state index contributed by atoms with van der Waals surface area (Å²) in [5, 5.41) is 9.06. The molecule has 3 aromatic rings. The van der Waals surface area contributed by atoms with Crippen LogP contribution in [-0.4, -0.2) is 43.9 Å². The molecule has 1 heterocycles. The second-order valence-electron chi connectivity index (χ2n) is 6.34. The van der Waals surface area contributed by atoms with Crippen molar-refractivity contribution in [2.45, 2.75) is 31.2 Å². The summed E-state index contributed by atoms with van der Waals surface area (Å²) in [6.07, 6.45) is 0. The molecule has 1 amide bonds. The fourth-order valence-corrected chi connectivity index (χ4v) is 4.18. The van der Waals surface area contributed by atoms with E-state index in [1.807, 2.05) is 39.0 Å². The predicted molar refractivity (Wildman–Crippen MR) is 115 cm³/mol. The Morgan fingerprint density at radius 2 is 1.79 bits per heavy atom. The van der Waals surface area contributed by atoms with Crippen LogP contribution >= 0.6 is 23.4 Å². The van der Waals surface area contributed by atoms with Gasteiger partial charge in [0.25, 0.3) is 0 Å². The van der Waals surface area contributed by atoms with Crippen LogP contribution in [-0.2, 0) is 4.79 Å². The molecule has 0 spiro atoms. The number of carbonyl (C=O) groups is 1. The summed E-state index contributed by atoms with van der Waals surface area (Å²) < 4.78 is 16.3. The first-order valence-electron chi connectivity index (χ1n) is 9.38. The summed E-state index contributed by atoms with van der Waals surface area (Å²) in [5.74, 6) is 0.0123. The van der Waals surface area contributed by atoms with Crippen LogP contribution in [0.4, 0.5) is 4.39 Å². The number of carbonyl (C=O) groups excluding carboxylic acids is 1. The molecule has 0 N–H and O–H groups in total. The van der Waals surface area contributed by atoms with E-state index in [1.54, 1.807) is 33.7 Å². The highest BCUT2D eigenvalue weighted by Gasteiger charge is 2.25. The molecule has 5 nitrogen and oxygen atoms in total. The highest BCUT2D eigenvalue weighted by molar-refractivity contribution is 8.00. The monoisotopic (exact) mass is 432 g/mol. The number of hydrogen-bond donors (Lipinski definition) is 0. The summed E-state index contributed by atoms with van der Waals surface area (Å²) in [6.45, 7) is 6.96. The number of rotatable bonds is 7. The second kappa shape index (κ2) is 9.41. The number of aromatic nitrogens is 3. The average Bonchev–Trinajstić information content (AvgIpc) is 3.12. The Balaban J connectivity index is 2.08. The third-order valence-corrected chi connectivity index (χ3v) is 5.91. The topological polar surface area (TPSA) is 51.0 Å². The summed E-state index contributed by atoms with van der Waals surface area (Å²) >= 11 is 7.61. The molecule has 1 atom stereocenters. The molecule has 152 valence electrons. The number of thioether (sulfide) groups is 1. The van der Waals surface area contributed by atoms with Crippen LogP contribution < -0.4 is 0 Å². The van der Waals surface area contributed by atoms with Gasteiger partial charge in [0.2, 0.25) is 5.91 Å². The molecule has 2 aromatic carbocycles. The largest absolute Gasteiger partial charge is 0.342 e. The van der Waals surface area contributed by atoms with Gasteiger partial charge in [0.1, 0.15) is 5.82 Å². The normalized spacial score (nSPS) is 12.0. The first-order chi connectivity index (χ1) is 14.0. The molecule has 0 aliphatic carbocycles. The van der Waals surface area contributed by atoms with E-state index in [-0.39, 0.29) is 5.91 Å². The van der Waals surface area contributed by atoms with Crippen LogP contribution in [0, 0.1) is 5.82 Å². The van der Waals surface area contributed by atoms with Gasteiger partial charge >= 0.3 is 0 Å². The minimum absolute atomic E-state index is 0.00220. The van der Waals surface area contributed by atoms with Crippen molar-refractivity contribution in [1.29, 1.82) is 0 Å². The van der Waals surface area contributed by atoms with Crippen LogP contribution in [0.3, 0.4) is 0 Å². The smallest absolute Gasteiger partial charge is 0.235 e. The third-order valence-electron chi connectivity index (χ3n) is 4.55. The Kier molecular flexibility index (Phi) is 6.92. The van der Waals surface area contributed by atoms with Gasteiger partial charge in [-0.05, 0) is 45.0 Å². The van der Waals surface area contributed by atoms with E-state index in [4.69, 9.17) is 11.6 Å². The molecule has 0 radical (unpaired) electrons. The molecule has 0 aliphatic heterocycles. The Morgan fingerprint density at radius 1 is 1.14 bits per heavy atom. The van der Waals surface area contributed by atoms with Crippen LogP contribution in [0.15, 0.2) is 53.7 Å². The average molecular weight is 433 g/mol. The quantitative estimate of drug-likeness (QED) is 0.489. The predicted octanol–water partition coefficient (Wildman–Crippen LogP) is 5.08. The molecule has 8 heteroatoms. The van der Waals surface area contributed by atoms with Gasteiger partial charge in [-0.3, -0.25) is 9.36 Å². The van der Waals surface area contributed by atoms with Crippen LogP contribution in [0.2, 0.25) is 5.02 Å². The standard InChI is InChI=1S/C21H22ClFN4OS/c1-4-26(5-2)20(28)14(3)29-21-25-24-19(15-10-6-7-11-16(15)22)27(21)18-13-9-8-12-17(18)23/h6-14H,4-5H2,1-3H3. The molecule has 0 fully saturated rings. The van der Waals surface area contributed by atoms with Crippen LogP contribution in [0.5, 0.6) is 0 Å². The SMILES string of the molecule is CCN(CC)C(=O)C(C)Sc1nnc(-c2ccccc2Cl)n1-c1ccccc1F. The highest BCUT2D eigenvalue weighted by Crippen LogP contribution is 2.34. The van der Waals surface area contributed by atoms with Gasteiger partial charge in [-0.2, -0.15) is 0 Å².